The van der Waals surface area contributed by atoms with Crippen LogP contribution in [-0.4, -0.2) is 29.9 Å². The van der Waals surface area contributed by atoms with Gasteiger partial charge in [-0.25, -0.2) is 0 Å². The number of aryl methyl sites for hydroxylation is 2. The second-order valence-corrected chi connectivity index (χ2v) is 7.95. The Morgan fingerprint density at radius 1 is 1.00 bits per heavy atom. The van der Waals surface area contributed by atoms with E-state index in [0.717, 1.165) is 22.4 Å². The third-order valence-corrected chi connectivity index (χ3v) is 5.40. The van der Waals surface area contributed by atoms with E-state index in [9.17, 15) is 9.59 Å². The van der Waals surface area contributed by atoms with Crippen LogP contribution in [0.25, 0.3) is 0 Å². The van der Waals surface area contributed by atoms with Crippen molar-refractivity contribution in [3.63, 3.8) is 0 Å². The van der Waals surface area contributed by atoms with Crippen LogP contribution in [0.5, 0.6) is 5.75 Å². The highest BCUT2D eigenvalue weighted by atomic mass is 16.5. The lowest BCUT2D eigenvalue weighted by Crippen LogP contribution is -2.37. The molecule has 2 amide bonds. The van der Waals surface area contributed by atoms with Gasteiger partial charge in [0.05, 0.1) is 0 Å². The molecule has 1 aliphatic heterocycles. The Kier molecular flexibility index (Phi) is 6.03. The lowest BCUT2D eigenvalue weighted by molar-refractivity contribution is -0.118. The number of nitrogens with one attached hydrogen (secondary N) is 1. The molecule has 1 aliphatic rings. The Morgan fingerprint density at radius 3 is 2.52 bits per heavy atom. The molecule has 0 aromatic heterocycles. The summed E-state index contributed by atoms with van der Waals surface area (Å²) in [5, 5.41) is 2.84. The molecule has 0 radical (unpaired) electrons. The summed E-state index contributed by atoms with van der Waals surface area (Å²) >= 11 is 0. The zero-order chi connectivity index (χ0) is 21.8. The van der Waals surface area contributed by atoms with Crippen LogP contribution < -0.4 is 10.1 Å². The highest BCUT2D eigenvalue weighted by Gasteiger charge is 2.26. The zero-order valence-electron chi connectivity index (χ0n) is 17.9. The standard InChI is InChI=1S/C26H26N2O3/c1-18-6-3-8-20(14-18)16-28-13-12-22-23(26(28)30)10-5-11-24(22)31-17-25(29)27-21-9-4-7-19(2)15-21/h3-11,14-15H,12-13,16-17H2,1-2H3,(H,27,29). The molecular weight excluding hydrogens is 388 g/mol. The van der Waals surface area contributed by atoms with Gasteiger partial charge < -0.3 is 15.0 Å². The van der Waals surface area contributed by atoms with Gasteiger partial charge in [0, 0.05) is 29.9 Å². The van der Waals surface area contributed by atoms with Gasteiger partial charge in [-0.1, -0.05) is 48.0 Å². The Balaban J connectivity index is 1.42. The molecule has 0 spiro atoms. The number of rotatable bonds is 6. The Bertz CT molecular complexity index is 1120. The second-order valence-electron chi connectivity index (χ2n) is 7.95. The average Bonchev–Trinajstić information content (AvgIpc) is 2.74. The number of ether oxygens (including phenoxy) is 1. The molecule has 0 fully saturated rings. The molecule has 0 unspecified atom stereocenters. The highest BCUT2D eigenvalue weighted by molar-refractivity contribution is 5.97. The number of anilines is 1. The van der Waals surface area contributed by atoms with Crippen molar-refractivity contribution in [2.24, 2.45) is 0 Å². The molecule has 1 heterocycles. The normalized spacial score (nSPS) is 13.0. The van der Waals surface area contributed by atoms with Crippen molar-refractivity contribution in [1.82, 2.24) is 4.90 Å². The summed E-state index contributed by atoms with van der Waals surface area (Å²) in [7, 11) is 0. The molecule has 3 aromatic carbocycles. The first kappa shape index (κ1) is 20.7. The maximum atomic E-state index is 13.1. The third-order valence-electron chi connectivity index (χ3n) is 5.40. The molecule has 1 N–H and O–H groups in total. The molecule has 0 saturated heterocycles. The van der Waals surface area contributed by atoms with Crippen molar-refractivity contribution in [2.45, 2.75) is 26.8 Å². The predicted molar refractivity (Wildman–Crippen MR) is 121 cm³/mol. The van der Waals surface area contributed by atoms with Gasteiger partial charge >= 0.3 is 0 Å². The summed E-state index contributed by atoms with van der Waals surface area (Å²) in [6.45, 7) is 5.13. The fourth-order valence-electron chi connectivity index (χ4n) is 3.92. The number of hydrogen-bond donors (Lipinski definition) is 1. The van der Waals surface area contributed by atoms with E-state index < -0.39 is 0 Å². The first-order chi connectivity index (χ1) is 15.0. The molecule has 0 atom stereocenters. The van der Waals surface area contributed by atoms with Crippen LogP contribution in [-0.2, 0) is 17.8 Å². The molecule has 3 aromatic rings. The van der Waals surface area contributed by atoms with Crippen LogP contribution in [0.2, 0.25) is 0 Å². The number of fused-ring (bicyclic) bond motifs is 1. The summed E-state index contributed by atoms with van der Waals surface area (Å²) < 4.78 is 5.80. The van der Waals surface area contributed by atoms with Crippen LogP contribution >= 0.6 is 0 Å². The average molecular weight is 415 g/mol. The van der Waals surface area contributed by atoms with Crippen molar-refractivity contribution in [2.75, 3.05) is 18.5 Å². The lowest BCUT2D eigenvalue weighted by Gasteiger charge is -2.29. The van der Waals surface area contributed by atoms with Gasteiger partial charge in [0.25, 0.3) is 11.8 Å². The Labute approximate surface area is 182 Å². The number of amides is 2. The maximum absolute atomic E-state index is 13.1. The van der Waals surface area contributed by atoms with E-state index in [2.05, 4.69) is 24.4 Å². The molecule has 5 heteroatoms. The minimum atomic E-state index is -0.230. The highest BCUT2D eigenvalue weighted by Crippen LogP contribution is 2.29. The van der Waals surface area contributed by atoms with Crippen LogP contribution in [0, 0.1) is 13.8 Å². The molecule has 0 aliphatic carbocycles. The van der Waals surface area contributed by atoms with E-state index in [4.69, 9.17) is 4.74 Å². The van der Waals surface area contributed by atoms with Gasteiger partial charge in [0.2, 0.25) is 0 Å². The summed E-state index contributed by atoms with van der Waals surface area (Å²) in [6, 6.07) is 21.3. The lowest BCUT2D eigenvalue weighted by atomic mass is 9.97. The second kappa shape index (κ2) is 9.04. The largest absolute Gasteiger partial charge is 0.483 e. The van der Waals surface area contributed by atoms with Gasteiger partial charge in [-0.05, 0) is 55.7 Å². The van der Waals surface area contributed by atoms with Gasteiger partial charge in [-0.2, -0.15) is 0 Å². The molecule has 4 rings (SSSR count). The van der Waals surface area contributed by atoms with E-state index in [1.807, 2.05) is 60.4 Å². The SMILES string of the molecule is Cc1cccc(CN2CCc3c(OCC(=O)Nc4cccc(C)c4)cccc3C2=O)c1. The number of carbonyl (C=O) groups excluding carboxylic acids is 2. The Morgan fingerprint density at radius 2 is 1.74 bits per heavy atom. The van der Waals surface area contributed by atoms with Crippen molar-refractivity contribution >= 4 is 17.5 Å². The van der Waals surface area contributed by atoms with Gasteiger partial charge in [-0.3, -0.25) is 9.59 Å². The van der Waals surface area contributed by atoms with Crippen LogP contribution in [0.3, 0.4) is 0 Å². The van der Waals surface area contributed by atoms with E-state index in [1.165, 1.54) is 5.56 Å². The van der Waals surface area contributed by atoms with E-state index >= 15 is 0 Å². The van der Waals surface area contributed by atoms with Crippen molar-refractivity contribution < 1.29 is 14.3 Å². The van der Waals surface area contributed by atoms with Gasteiger partial charge in [0.1, 0.15) is 5.75 Å². The predicted octanol–water partition coefficient (Wildman–Crippen LogP) is 4.52. The van der Waals surface area contributed by atoms with Crippen molar-refractivity contribution in [1.29, 1.82) is 0 Å². The quantitative estimate of drug-likeness (QED) is 0.645. The first-order valence-corrected chi connectivity index (χ1v) is 10.5. The fourth-order valence-corrected chi connectivity index (χ4v) is 3.92. The van der Waals surface area contributed by atoms with Gasteiger partial charge in [-0.15, -0.1) is 0 Å². The summed E-state index contributed by atoms with van der Waals surface area (Å²) in [5.74, 6) is 0.365. The summed E-state index contributed by atoms with van der Waals surface area (Å²) in [6.07, 6.45) is 0.697. The molecular formula is C26H26N2O3. The third kappa shape index (κ3) is 4.94. The van der Waals surface area contributed by atoms with E-state index in [1.54, 1.807) is 6.07 Å². The maximum Gasteiger partial charge on any atom is 0.262 e. The van der Waals surface area contributed by atoms with Crippen molar-refractivity contribution in [3.05, 3.63) is 94.5 Å². The van der Waals surface area contributed by atoms with Gasteiger partial charge in [0.15, 0.2) is 6.61 Å². The van der Waals surface area contributed by atoms with Crippen LogP contribution in [0.4, 0.5) is 5.69 Å². The fraction of sp³-hybridized carbons (Fsp3) is 0.231. The first-order valence-electron chi connectivity index (χ1n) is 10.5. The van der Waals surface area contributed by atoms with Crippen LogP contribution in [0.1, 0.15) is 32.6 Å². The van der Waals surface area contributed by atoms with Crippen molar-refractivity contribution in [3.8, 4) is 5.75 Å². The zero-order valence-corrected chi connectivity index (χ0v) is 17.9. The number of carbonyl (C=O) groups is 2. The molecule has 0 bridgehead atoms. The number of nitrogens with zero attached hydrogens (tertiary/aromatic N) is 1. The summed E-state index contributed by atoms with van der Waals surface area (Å²) in [5.41, 5.74) is 5.64. The van der Waals surface area contributed by atoms with E-state index in [-0.39, 0.29) is 18.4 Å². The summed E-state index contributed by atoms with van der Waals surface area (Å²) in [4.78, 5) is 27.2. The molecule has 158 valence electrons. The minimum absolute atomic E-state index is 0.00239. The topological polar surface area (TPSA) is 58.6 Å². The van der Waals surface area contributed by atoms with E-state index in [0.29, 0.717) is 30.8 Å². The smallest absolute Gasteiger partial charge is 0.262 e. The minimum Gasteiger partial charge on any atom is -0.483 e. The monoisotopic (exact) mass is 414 g/mol. The molecule has 31 heavy (non-hydrogen) atoms. The number of hydrogen-bond acceptors (Lipinski definition) is 3. The van der Waals surface area contributed by atoms with Crippen LogP contribution in [0.15, 0.2) is 66.7 Å². The number of benzene rings is 3. The Hall–Kier alpha value is -3.60. The molecule has 0 saturated carbocycles. The molecule has 5 nitrogen and oxygen atoms in total.